The Hall–Kier alpha value is -2.15. The van der Waals surface area contributed by atoms with Gasteiger partial charge in [-0.05, 0) is 25.6 Å². The van der Waals surface area contributed by atoms with Crippen molar-refractivity contribution in [2.45, 2.75) is 19.9 Å². The van der Waals surface area contributed by atoms with Gasteiger partial charge >= 0.3 is 0 Å². The molecule has 2 rings (SSSR count). The molecule has 7 nitrogen and oxygen atoms in total. The number of hydrogen-bond acceptors (Lipinski definition) is 5. The summed E-state index contributed by atoms with van der Waals surface area (Å²) in [6.07, 6.45) is 0. The lowest BCUT2D eigenvalue weighted by Gasteiger charge is -2.41. The monoisotopic (exact) mass is 292 g/mol. The first-order valence-corrected chi connectivity index (χ1v) is 7.01. The van der Waals surface area contributed by atoms with Crippen molar-refractivity contribution in [2.75, 3.05) is 31.1 Å². The molecule has 1 amide bonds. The summed E-state index contributed by atoms with van der Waals surface area (Å²) >= 11 is 0. The van der Waals surface area contributed by atoms with Crippen molar-refractivity contribution >= 4 is 17.3 Å². The zero-order valence-corrected chi connectivity index (χ0v) is 12.3. The highest BCUT2D eigenvalue weighted by atomic mass is 16.6. The predicted octanol–water partition coefficient (Wildman–Crippen LogP) is 1.22. The minimum Gasteiger partial charge on any atom is -0.366 e. The zero-order valence-electron chi connectivity index (χ0n) is 12.3. The second-order valence-electron chi connectivity index (χ2n) is 5.26. The highest BCUT2D eigenvalue weighted by molar-refractivity contribution is 5.98. The summed E-state index contributed by atoms with van der Waals surface area (Å²) < 4.78 is 0. The Morgan fingerprint density at radius 1 is 1.48 bits per heavy atom. The van der Waals surface area contributed by atoms with E-state index >= 15 is 0 Å². The molecule has 1 aliphatic rings. The van der Waals surface area contributed by atoms with E-state index < -0.39 is 10.8 Å². The quantitative estimate of drug-likeness (QED) is 0.665. The van der Waals surface area contributed by atoms with Crippen LogP contribution in [-0.2, 0) is 0 Å². The molecule has 0 radical (unpaired) electrons. The van der Waals surface area contributed by atoms with Crippen molar-refractivity contribution in [3.63, 3.8) is 0 Å². The number of benzene rings is 1. The summed E-state index contributed by atoms with van der Waals surface area (Å²) in [6.45, 7) is 7.92. The van der Waals surface area contributed by atoms with Gasteiger partial charge in [0.05, 0.1) is 4.92 Å². The molecule has 7 heteroatoms. The maximum atomic E-state index is 11.4. The molecule has 1 heterocycles. The van der Waals surface area contributed by atoms with Gasteiger partial charge in [-0.25, -0.2) is 0 Å². The molecule has 0 spiro atoms. The molecule has 1 atom stereocenters. The lowest BCUT2D eigenvalue weighted by molar-refractivity contribution is -0.385. The van der Waals surface area contributed by atoms with Gasteiger partial charge in [0.15, 0.2) is 0 Å². The van der Waals surface area contributed by atoms with E-state index in [1.54, 1.807) is 6.07 Å². The Labute approximate surface area is 123 Å². The van der Waals surface area contributed by atoms with Gasteiger partial charge in [0.25, 0.3) is 11.6 Å². The Kier molecular flexibility index (Phi) is 4.42. The van der Waals surface area contributed by atoms with E-state index in [0.29, 0.717) is 0 Å². The summed E-state index contributed by atoms with van der Waals surface area (Å²) in [4.78, 5) is 26.3. The smallest absolute Gasteiger partial charge is 0.282 e. The van der Waals surface area contributed by atoms with Crippen LogP contribution >= 0.6 is 0 Å². The Balaban J connectivity index is 2.31. The SMILES string of the molecule is CCN1CCN(c2ccc([N+](=O)[O-])c(C(N)=O)c2)[C@@H](C)C1. The van der Waals surface area contributed by atoms with E-state index in [4.69, 9.17) is 5.73 Å². The van der Waals surface area contributed by atoms with Crippen molar-refractivity contribution in [3.8, 4) is 0 Å². The molecular formula is C14H20N4O3. The average molecular weight is 292 g/mol. The van der Waals surface area contributed by atoms with E-state index in [-0.39, 0.29) is 17.3 Å². The number of hydrogen-bond donors (Lipinski definition) is 1. The number of amides is 1. The summed E-state index contributed by atoms with van der Waals surface area (Å²) in [6, 6.07) is 4.84. The second-order valence-corrected chi connectivity index (χ2v) is 5.26. The highest BCUT2D eigenvalue weighted by Gasteiger charge is 2.25. The predicted molar refractivity (Wildman–Crippen MR) is 80.5 cm³/mol. The van der Waals surface area contributed by atoms with Gasteiger partial charge < -0.3 is 10.6 Å². The fraction of sp³-hybridized carbons (Fsp3) is 0.500. The van der Waals surface area contributed by atoms with Crippen LogP contribution < -0.4 is 10.6 Å². The van der Waals surface area contributed by atoms with Crippen molar-refractivity contribution in [3.05, 3.63) is 33.9 Å². The first-order valence-electron chi connectivity index (χ1n) is 7.01. The molecule has 1 aromatic carbocycles. The van der Waals surface area contributed by atoms with Gasteiger partial charge in [-0.3, -0.25) is 19.8 Å². The molecule has 0 saturated carbocycles. The van der Waals surface area contributed by atoms with Crippen LogP contribution in [0.5, 0.6) is 0 Å². The van der Waals surface area contributed by atoms with E-state index in [2.05, 4.69) is 23.6 Å². The van der Waals surface area contributed by atoms with Crippen molar-refractivity contribution < 1.29 is 9.72 Å². The normalized spacial score (nSPS) is 19.5. The topological polar surface area (TPSA) is 92.7 Å². The number of nitrogens with two attached hydrogens (primary N) is 1. The lowest BCUT2D eigenvalue weighted by Crippen LogP contribution is -2.51. The Morgan fingerprint density at radius 3 is 2.71 bits per heavy atom. The summed E-state index contributed by atoms with van der Waals surface area (Å²) in [5, 5.41) is 10.9. The number of primary amides is 1. The van der Waals surface area contributed by atoms with E-state index in [9.17, 15) is 14.9 Å². The van der Waals surface area contributed by atoms with Crippen LogP contribution in [0.15, 0.2) is 18.2 Å². The number of likely N-dealkylation sites (N-methyl/N-ethyl adjacent to an activating group) is 1. The van der Waals surface area contributed by atoms with Gasteiger partial charge in [-0.15, -0.1) is 0 Å². The van der Waals surface area contributed by atoms with Crippen LogP contribution in [0.4, 0.5) is 11.4 Å². The van der Waals surface area contributed by atoms with Crippen molar-refractivity contribution in [1.82, 2.24) is 4.90 Å². The van der Waals surface area contributed by atoms with E-state index in [1.807, 2.05) is 0 Å². The molecule has 1 aliphatic heterocycles. The van der Waals surface area contributed by atoms with Crippen LogP contribution in [0.1, 0.15) is 24.2 Å². The van der Waals surface area contributed by atoms with Gasteiger partial charge in [0.2, 0.25) is 0 Å². The molecule has 0 aromatic heterocycles. The highest BCUT2D eigenvalue weighted by Crippen LogP contribution is 2.27. The number of rotatable bonds is 4. The molecule has 114 valence electrons. The molecule has 21 heavy (non-hydrogen) atoms. The van der Waals surface area contributed by atoms with Crippen LogP contribution in [0, 0.1) is 10.1 Å². The standard InChI is InChI=1S/C14H20N4O3/c1-3-16-6-7-17(10(2)9-16)11-4-5-13(18(20)21)12(8-11)14(15)19/h4-5,8,10H,3,6-7,9H2,1-2H3,(H2,15,19)/t10-/m0/s1. The number of nitro benzene ring substituents is 1. The fourth-order valence-corrected chi connectivity index (χ4v) is 2.76. The third-order valence-electron chi connectivity index (χ3n) is 3.93. The molecule has 2 N–H and O–H groups in total. The molecule has 0 unspecified atom stereocenters. The first kappa shape index (κ1) is 15.2. The molecular weight excluding hydrogens is 272 g/mol. The van der Waals surface area contributed by atoms with E-state index in [0.717, 1.165) is 31.9 Å². The number of carbonyl (C=O) groups is 1. The van der Waals surface area contributed by atoms with E-state index in [1.165, 1.54) is 12.1 Å². The third-order valence-corrected chi connectivity index (χ3v) is 3.93. The van der Waals surface area contributed by atoms with Gasteiger partial charge in [-0.2, -0.15) is 0 Å². The van der Waals surface area contributed by atoms with Gasteiger partial charge in [0.1, 0.15) is 5.56 Å². The maximum Gasteiger partial charge on any atom is 0.282 e. The van der Waals surface area contributed by atoms with Gasteiger partial charge in [0, 0.05) is 37.4 Å². The lowest BCUT2D eigenvalue weighted by atomic mass is 10.1. The minimum absolute atomic E-state index is 0.0392. The molecule has 1 saturated heterocycles. The minimum atomic E-state index is -0.775. The largest absolute Gasteiger partial charge is 0.366 e. The maximum absolute atomic E-state index is 11.4. The fourth-order valence-electron chi connectivity index (χ4n) is 2.76. The number of nitro groups is 1. The average Bonchev–Trinajstić information content (AvgIpc) is 2.46. The number of piperazine rings is 1. The number of carbonyl (C=O) groups excluding carboxylic acids is 1. The zero-order chi connectivity index (χ0) is 15.6. The van der Waals surface area contributed by atoms with Crippen molar-refractivity contribution in [2.24, 2.45) is 5.73 Å². The molecule has 0 aliphatic carbocycles. The van der Waals surface area contributed by atoms with Crippen LogP contribution in [0.3, 0.4) is 0 Å². The summed E-state index contributed by atoms with van der Waals surface area (Å²) in [5.74, 6) is -0.775. The van der Waals surface area contributed by atoms with Crippen LogP contribution in [0.2, 0.25) is 0 Å². The summed E-state index contributed by atoms with van der Waals surface area (Å²) in [7, 11) is 0. The Bertz CT molecular complexity index is 561. The number of anilines is 1. The van der Waals surface area contributed by atoms with Crippen LogP contribution in [0.25, 0.3) is 0 Å². The number of nitrogens with zero attached hydrogens (tertiary/aromatic N) is 3. The van der Waals surface area contributed by atoms with Crippen LogP contribution in [-0.4, -0.2) is 48.0 Å². The molecule has 1 fully saturated rings. The van der Waals surface area contributed by atoms with Gasteiger partial charge in [-0.1, -0.05) is 6.92 Å². The third kappa shape index (κ3) is 3.13. The molecule has 0 bridgehead atoms. The molecule has 1 aromatic rings. The first-order chi connectivity index (χ1) is 9.93. The van der Waals surface area contributed by atoms with Crippen molar-refractivity contribution in [1.29, 1.82) is 0 Å². The second kappa shape index (κ2) is 6.09. The Morgan fingerprint density at radius 2 is 2.19 bits per heavy atom. The summed E-state index contributed by atoms with van der Waals surface area (Å²) in [5.41, 5.74) is 5.78.